The van der Waals surface area contributed by atoms with Crippen LogP contribution in [0.4, 0.5) is 0 Å². The van der Waals surface area contributed by atoms with Crippen LogP contribution in [0.2, 0.25) is 0 Å². The van der Waals surface area contributed by atoms with Crippen molar-refractivity contribution in [3.05, 3.63) is 217 Å². The molecule has 0 spiro atoms. The molecule has 258 valence electrons. The first-order valence-electron chi connectivity index (χ1n) is 18.3. The largest absolute Gasteiger partial charge is 0.405 e. The van der Waals surface area contributed by atoms with Crippen molar-refractivity contribution in [2.45, 2.75) is 6.42 Å². The SMILES string of the molecule is C=CC(=C\C=C/N)/C(=C\c1ccccc1-c1cccc(-c2ccc3c(c2)c2ccccc2n3-c2ccc3sc4ccccc4c3c2)c1)Cc1ccccc1. The Hall–Kier alpha value is -6.68. The van der Waals surface area contributed by atoms with Crippen LogP contribution in [0.3, 0.4) is 0 Å². The smallest absolute Gasteiger partial charge is 0.0541 e. The molecule has 2 heterocycles. The zero-order valence-corrected chi connectivity index (χ0v) is 30.6. The standard InChI is InChI=1S/C51H38N2S/c1-2-36(19-13-29-52)41(30-35-14-4-3-5-15-35)32-39-16-6-7-20-43(39)40-18-12-17-37(31-40)38-25-27-49-46(33-38)44-21-8-10-23-48(44)53(49)42-26-28-51-47(34-42)45-22-9-11-24-50(45)54-51/h2-29,31-34H,1,30,52H2/b29-13-,36-19+,41-32-. The first-order chi connectivity index (χ1) is 26.7. The van der Waals surface area contributed by atoms with Crippen LogP contribution in [0.25, 0.3) is 76.0 Å². The molecule has 0 amide bonds. The minimum atomic E-state index is 0.775. The summed E-state index contributed by atoms with van der Waals surface area (Å²) in [6.07, 6.45) is 10.4. The molecule has 0 saturated carbocycles. The number of nitrogens with zero attached hydrogens (tertiary/aromatic N) is 1. The maximum Gasteiger partial charge on any atom is 0.0541 e. The zero-order valence-electron chi connectivity index (χ0n) is 29.8. The third kappa shape index (κ3) is 6.15. The molecular formula is C51H38N2S. The molecule has 0 unspecified atom stereocenters. The molecule has 54 heavy (non-hydrogen) atoms. The lowest BCUT2D eigenvalue weighted by Gasteiger charge is -2.13. The van der Waals surface area contributed by atoms with Crippen LogP contribution in [0.15, 0.2) is 206 Å². The van der Waals surface area contributed by atoms with Gasteiger partial charge in [-0.2, -0.15) is 0 Å². The van der Waals surface area contributed by atoms with E-state index in [4.69, 9.17) is 5.73 Å². The van der Waals surface area contributed by atoms with Gasteiger partial charge in [0.25, 0.3) is 0 Å². The molecular weight excluding hydrogens is 673 g/mol. The molecule has 3 heteroatoms. The number of benzene rings is 7. The number of allylic oxidation sites excluding steroid dienone is 5. The predicted molar refractivity (Wildman–Crippen MR) is 234 cm³/mol. The number of nitrogens with two attached hydrogens (primary N) is 1. The molecule has 9 rings (SSSR count). The van der Waals surface area contributed by atoms with E-state index in [0.29, 0.717) is 0 Å². The molecule has 7 aromatic carbocycles. The van der Waals surface area contributed by atoms with E-state index >= 15 is 0 Å². The summed E-state index contributed by atoms with van der Waals surface area (Å²) < 4.78 is 5.05. The first kappa shape index (κ1) is 33.2. The minimum Gasteiger partial charge on any atom is -0.405 e. The number of rotatable bonds is 9. The van der Waals surface area contributed by atoms with Crippen LogP contribution in [0.1, 0.15) is 11.1 Å². The van der Waals surface area contributed by atoms with Gasteiger partial charge in [0, 0.05) is 36.6 Å². The van der Waals surface area contributed by atoms with Gasteiger partial charge in [-0.1, -0.05) is 140 Å². The van der Waals surface area contributed by atoms with Crippen molar-refractivity contribution < 1.29 is 0 Å². The van der Waals surface area contributed by atoms with Crippen LogP contribution < -0.4 is 5.73 Å². The van der Waals surface area contributed by atoms with Crippen molar-refractivity contribution in [1.82, 2.24) is 4.57 Å². The van der Waals surface area contributed by atoms with Crippen molar-refractivity contribution in [3.8, 4) is 27.9 Å². The highest BCUT2D eigenvalue weighted by Gasteiger charge is 2.15. The molecule has 0 aliphatic rings. The van der Waals surface area contributed by atoms with E-state index < -0.39 is 0 Å². The van der Waals surface area contributed by atoms with Gasteiger partial charge in [-0.25, -0.2) is 0 Å². The highest BCUT2D eigenvalue weighted by Crippen LogP contribution is 2.39. The summed E-state index contributed by atoms with van der Waals surface area (Å²) in [7, 11) is 0. The Labute approximate surface area is 319 Å². The second-order valence-corrected chi connectivity index (χ2v) is 14.7. The molecule has 0 atom stereocenters. The number of thiophene rings is 1. The molecule has 2 N–H and O–H groups in total. The normalized spacial score (nSPS) is 12.4. The van der Waals surface area contributed by atoms with Gasteiger partial charge in [-0.15, -0.1) is 11.3 Å². The summed E-state index contributed by atoms with van der Waals surface area (Å²) in [6.45, 7) is 4.14. The predicted octanol–water partition coefficient (Wildman–Crippen LogP) is 13.7. The fourth-order valence-corrected chi connectivity index (χ4v) is 8.83. The number of hydrogen-bond donors (Lipinski definition) is 1. The van der Waals surface area contributed by atoms with E-state index in [-0.39, 0.29) is 0 Å². The van der Waals surface area contributed by atoms with Gasteiger partial charge in [0.15, 0.2) is 0 Å². The number of fused-ring (bicyclic) bond motifs is 6. The van der Waals surface area contributed by atoms with E-state index in [0.717, 1.165) is 17.6 Å². The van der Waals surface area contributed by atoms with E-state index in [1.807, 2.05) is 29.6 Å². The Kier molecular flexibility index (Phi) is 8.84. The second-order valence-electron chi connectivity index (χ2n) is 13.6. The van der Waals surface area contributed by atoms with Crippen LogP contribution in [0, 0.1) is 0 Å². The van der Waals surface area contributed by atoms with Crippen LogP contribution >= 0.6 is 11.3 Å². The van der Waals surface area contributed by atoms with Crippen molar-refractivity contribution in [2.24, 2.45) is 5.73 Å². The van der Waals surface area contributed by atoms with Crippen molar-refractivity contribution in [2.75, 3.05) is 0 Å². The van der Waals surface area contributed by atoms with E-state index in [2.05, 4.69) is 181 Å². The van der Waals surface area contributed by atoms with Crippen LogP contribution in [-0.2, 0) is 6.42 Å². The monoisotopic (exact) mass is 710 g/mol. The first-order valence-corrected chi connectivity index (χ1v) is 19.1. The average Bonchev–Trinajstić information content (AvgIpc) is 3.77. The Morgan fingerprint density at radius 2 is 1.31 bits per heavy atom. The molecule has 0 bridgehead atoms. The molecule has 0 radical (unpaired) electrons. The summed E-state index contributed by atoms with van der Waals surface area (Å²) in [5.74, 6) is 0. The molecule has 0 fully saturated rings. The van der Waals surface area contributed by atoms with Gasteiger partial charge in [-0.3, -0.25) is 0 Å². The Bertz CT molecular complexity index is 2930. The summed E-state index contributed by atoms with van der Waals surface area (Å²) in [6, 6.07) is 59.4. The zero-order chi connectivity index (χ0) is 36.4. The number of aromatic nitrogens is 1. The lowest BCUT2D eigenvalue weighted by Crippen LogP contribution is -1.95. The highest BCUT2D eigenvalue weighted by molar-refractivity contribution is 7.25. The second kappa shape index (κ2) is 14.4. The Morgan fingerprint density at radius 3 is 2.19 bits per heavy atom. The van der Waals surface area contributed by atoms with E-state index in [9.17, 15) is 0 Å². The van der Waals surface area contributed by atoms with Gasteiger partial charge < -0.3 is 10.3 Å². The molecule has 9 aromatic rings. The van der Waals surface area contributed by atoms with Gasteiger partial charge in [0.05, 0.1) is 11.0 Å². The Balaban J connectivity index is 1.13. The number of hydrogen-bond acceptors (Lipinski definition) is 2. The lowest BCUT2D eigenvalue weighted by molar-refractivity contribution is 1.18. The molecule has 0 aliphatic heterocycles. The summed E-state index contributed by atoms with van der Waals surface area (Å²) >= 11 is 1.86. The molecule has 2 nitrogen and oxygen atoms in total. The van der Waals surface area contributed by atoms with Crippen molar-refractivity contribution in [3.63, 3.8) is 0 Å². The fourth-order valence-electron chi connectivity index (χ4n) is 7.74. The van der Waals surface area contributed by atoms with E-state index in [1.54, 1.807) is 6.20 Å². The number of para-hydroxylation sites is 1. The Morgan fingerprint density at radius 1 is 0.593 bits per heavy atom. The molecule has 0 saturated heterocycles. The third-order valence-electron chi connectivity index (χ3n) is 10.3. The average molecular weight is 711 g/mol. The summed E-state index contributed by atoms with van der Waals surface area (Å²) in [4.78, 5) is 0. The van der Waals surface area contributed by atoms with Gasteiger partial charge >= 0.3 is 0 Å². The summed E-state index contributed by atoms with van der Waals surface area (Å²) in [5, 5.41) is 5.11. The third-order valence-corrected chi connectivity index (χ3v) is 11.5. The lowest BCUT2D eigenvalue weighted by atomic mass is 9.91. The van der Waals surface area contributed by atoms with Crippen molar-refractivity contribution in [1.29, 1.82) is 0 Å². The van der Waals surface area contributed by atoms with Crippen LogP contribution in [0.5, 0.6) is 0 Å². The van der Waals surface area contributed by atoms with Gasteiger partial charge in [0.1, 0.15) is 0 Å². The fraction of sp³-hybridized carbons (Fsp3) is 0.0196. The topological polar surface area (TPSA) is 30.9 Å². The summed E-state index contributed by atoms with van der Waals surface area (Å²) in [5.41, 5.74) is 18.6. The highest BCUT2D eigenvalue weighted by atomic mass is 32.1. The quantitative estimate of drug-likeness (QED) is 0.149. The van der Waals surface area contributed by atoms with Gasteiger partial charge in [-0.05, 0) is 112 Å². The molecule has 2 aromatic heterocycles. The minimum absolute atomic E-state index is 0.775. The van der Waals surface area contributed by atoms with E-state index in [1.165, 1.54) is 81.1 Å². The van der Waals surface area contributed by atoms with Crippen LogP contribution in [-0.4, -0.2) is 4.57 Å². The maximum absolute atomic E-state index is 5.74. The maximum atomic E-state index is 5.74. The molecule has 0 aliphatic carbocycles. The van der Waals surface area contributed by atoms with Gasteiger partial charge in [0.2, 0.25) is 0 Å². The van der Waals surface area contributed by atoms with Crippen molar-refractivity contribution >= 4 is 59.4 Å².